The van der Waals surface area contributed by atoms with E-state index in [1.807, 2.05) is 13.0 Å². The molecule has 27 heavy (non-hydrogen) atoms. The number of anilines is 3. The molecular formula is C19H15ClN4O3. The summed E-state index contributed by atoms with van der Waals surface area (Å²) in [6, 6.07) is 12.3. The number of fused-ring (bicyclic) bond motifs is 1. The van der Waals surface area contributed by atoms with E-state index in [0.29, 0.717) is 28.2 Å². The molecule has 1 amide bonds. The topological polar surface area (TPSA) is 85.4 Å². The monoisotopic (exact) mass is 382 g/mol. The molecule has 7 nitrogen and oxygen atoms in total. The number of hydrogen-bond acceptors (Lipinski definition) is 6. The lowest BCUT2D eigenvalue weighted by atomic mass is 10.2. The molecule has 2 heterocycles. The Labute approximate surface area is 160 Å². The van der Waals surface area contributed by atoms with Crippen molar-refractivity contribution < 1.29 is 14.3 Å². The molecule has 0 atom stereocenters. The van der Waals surface area contributed by atoms with E-state index in [0.717, 1.165) is 11.3 Å². The van der Waals surface area contributed by atoms with Crippen LogP contribution in [0.5, 0.6) is 11.5 Å². The van der Waals surface area contributed by atoms with Gasteiger partial charge in [0.15, 0.2) is 11.5 Å². The quantitative estimate of drug-likeness (QED) is 0.704. The first kappa shape index (κ1) is 17.1. The Balaban J connectivity index is 1.52. The Morgan fingerprint density at radius 3 is 2.89 bits per heavy atom. The van der Waals surface area contributed by atoms with Gasteiger partial charge in [-0.25, -0.2) is 9.97 Å². The highest BCUT2D eigenvalue weighted by Gasteiger charge is 2.15. The van der Waals surface area contributed by atoms with Crippen LogP contribution >= 0.6 is 11.6 Å². The highest BCUT2D eigenvalue weighted by Crippen LogP contribution is 2.34. The lowest BCUT2D eigenvalue weighted by Gasteiger charge is -2.10. The molecule has 8 heteroatoms. The maximum atomic E-state index is 12.5. The summed E-state index contributed by atoms with van der Waals surface area (Å²) in [5.41, 5.74) is 2.38. The van der Waals surface area contributed by atoms with E-state index >= 15 is 0 Å². The van der Waals surface area contributed by atoms with Crippen LogP contribution in [0.3, 0.4) is 0 Å². The molecule has 1 aliphatic heterocycles. The fraction of sp³-hybridized carbons (Fsp3) is 0.105. The third-order valence-electron chi connectivity index (χ3n) is 4.03. The van der Waals surface area contributed by atoms with E-state index in [4.69, 9.17) is 21.1 Å². The van der Waals surface area contributed by atoms with Gasteiger partial charge in [-0.05, 0) is 42.8 Å². The van der Waals surface area contributed by atoms with Crippen molar-refractivity contribution in [3.05, 3.63) is 64.9 Å². The molecule has 0 unspecified atom stereocenters. The zero-order valence-corrected chi connectivity index (χ0v) is 15.1. The second kappa shape index (κ2) is 7.13. The van der Waals surface area contributed by atoms with Crippen LogP contribution in [0.15, 0.2) is 48.7 Å². The van der Waals surface area contributed by atoms with Gasteiger partial charge in [-0.15, -0.1) is 0 Å². The number of halogens is 1. The van der Waals surface area contributed by atoms with Gasteiger partial charge in [0, 0.05) is 28.7 Å². The summed E-state index contributed by atoms with van der Waals surface area (Å²) in [7, 11) is 0. The third kappa shape index (κ3) is 3.63. The lowest BCUT2D eigenvalue weighted by molar-refractivity contribution is 0.102. The van der Waals surface area contributed by atoms with Gasteiger partial charge < -0.3 is 20.1 Å². The van der Waals surface area contributed by atoms with Crippen LogP contribution in [0.25, 0.3) is 0 Å². The number of ether oxygens (including phenoxy) is 2. The standard InChI is InChI=1S/C19H15ClN4O3/c1-11-13(20)3-2-4-14(11)23-18(25)15-7-8-21-19(24-15)22-12-5-6-16-17(9-12)27-10-26-16/h2-9H,10H2,1H3,(H,23,25)(H,21,22,24). The van der Waals surface area contributed by atoms with Gasteiger partial charge in [0.2, 0.25) is 12.7 Å². The molecule has 1 aromatic heterocycles. The Hall–Kier alpha value is -3.32. The maximum absolute atomic E-state index is 12.5. The minimum absolute atomic E-state index is 0.202. The van der Waals surface area contributed by atoms with Crippen molar-refractivity contribution in [1.82, 2.24) is 9.97 Å². The fourth-order valence-electron chi connectivity index (χ4n) is 2.58. The predicted octanol–water partition coefficient (Wildman–Crippen LogP) is 4.16. The molecule has 0 bridgehead atoms. The summed E-state index contributed by atoms with van der Waals surface area (Å²) in [4.78, 5) is 21.0. The van der Waals surface area contributed by atoms with Crippen molar-refractivity contribution in [3.63, 3.8) is 0 Å². The predicted molar refractivity (Wildman–Crippen MR) is 102 cm³/mol. The average molecular weight is 383 g/mol. The first-order chi connectivity index (χ1) is 13.1. The highest BCUT2D eigenvalue weighted by atomic mass is 35.5. The molecular weight excluding hydrogens is 368 g/mol. The Morgan fingerprint density at radius 2 is 2.00 bits per heavy atom. The maximum Gasteiger partial charge on any atom is 0.274 e. The molecule has 0 spiro atoms. The molecule has 1 aliphatic rings. The summed E-state index contributed by atoms with van der Waals surface area (Å²) >= 11 is 6.09. The number of amides is 1. The second-order valence-corrected chi connectivity index (χ2v) is 6.23. The Bertz CT molecular complexity index is 1030. The first-order valence-electron chi connectivity index (χ1n) is 8.16. The number of carbonyl (C=O) groups is 1. The van der Waals surface area contributed by atoms with Crippen molar-refractivity contribution in [1.29, 1.82) is 0 Å². The SMILES string of the molecule is Cc1c(Cl)cccc1NC(=O)c1ccnc(Nc2ccc3c(c2)OCO3)n1. The van der Waals surface area contributed by atoms with Crippen molar-refractivity contribution in [3.8, 4) is 11.5 Å². The number of nitrogens with zero attached hydrogens (tertiary/aromatic N) is 2. The molecule has 3 aromatic rings. The van der Waals surface area contributed by atoms with Crippen LogP contribution in [-0.4, -0.2) is 22.7 Å². The summed E-state index contributed by atoms with van der Waals surface area (Å²) in [5.74, 6) is 1.28. The Kier molecular flexibility index (Phi) is 4.52. The molecule has 4 rings (SSSR count). The van der Waals surface area contributed by atoms with Gasteiger partial charge in [0.1, 0.15) is 5.69 Å². The first-order valence-corrected chi connectivity index (χ1v) is 8.54. The smallest absolute Gasteiger partial charge is 0.274 e. The molecule has 0 saturated heterocycles. The zero-order valence-electron chi connectivity index (χ0n) is 14.3. The van der Waals surface area contributed by atoms with Crippen LogP contribution in [0.1, 0.15) is 16.1 Å². The summed E-state index contributed by atoms with van der Waals surface area (Å²) in [5, 5.41) is 6.45. The summed E-state index contributed by atoms with van der Waals surface area (Å²) < 4.78 is 10.6. The average Bonchev–Trinajstić information content (AvgIpc) is 3.13. The molecule has 2 aromatic carbocycles. The molecule has 0 saturated carbocycles. The van der Waals surface area contributed by atoms with E-state index < -0.39 is 0 Å². The van der Waals surface area contributed by atoms with Crippen molar-refractivity contribution >= 4 is 34.8 Å². The van der Waals surface area contributed by atoms with Gasteiger partial charge in [0.05, 0.1) is 0 Å². The van der Waals surface area contributed by atoms with Crippen LogP contribution in [0.4, 0.5) is 17.3 Å². The normalized spacial score (nSPS) is 11.9. The van der Waals surface area contributed by atoms with E-state index in [9.17, 15) is 4.79 Å². The van der Waals surface area contributed by atoms with Crippen molar-refractivity contribution in [2.24, 2.45) is 0 Å². The van der Waals surface area contributed by atoms with E-state index in [1.54, 1.807) is 36.4 Å². The largest absolute Gasteiger partial charge is 0.454 e. The number of rotatable bonds is 4. The molecule has 136 valence electrons. The van der Waals surface area contributed by atoms with Crippen LogP contribution in [0.2, 0.25) is 5.02 Å². The molecule has 0 fully saturated rings. The second-order valence-electron chi connectivity index (χ2n) is 5.83. The van der Waals surface area contributed by atoms with Crippen LogP contribution < -0.4 is 20.1 Å². The number of carbonyl (C=O) groups excluding carboxylic acids is 1. The molecule has 2 N–H and O–H groups in total. The van der Waals surface area contributed by atoms with Crippen LogP contribution in [0, 0.1) is 6.92 Å². The van der Waals surface area contributed by atoms with Crippen molar-refractivity contribution in [2.45, 2.75) is 6.92 Å². The van der Waals surface area contributed by atoms with E-state index in [-0.39, 0.29) is 18.4 Å². The lowest BCUT2D eigenvalue weighted by Crippen LogP contribution is -2.15. The highest BCUT2D eigenvalue weighted by molar-refractivity contribution is 6.31. The summed E-state index contributed by atoms with van der Waals surface area (Å²) in [6.45, 7) is 2.04. The van der Waals surface area contributed by atoms with Crippen LogP contribution in [-0.2, 0) is 0 Å². The van der Waals surface area contributed by atoms with E-state index in [1.165, 1.54) is 6.20 Å². The number of benzene rings is 2. The van der Waals surface area contributed by atoms with Gasteiger partial charge in [0.25, 0.3) is 5.91 Å². The van der Waals surface area contributed by atoms with Crippen molar-refractivity contribution in [2.75, 3.05) is 17.4 Å². The van der Waals surface area contributed by atoms with Gasteiger partial charge in [-0.3, -0.25) is 4.79 Å². The molecule has 0 aliphatic carbocycles. The summed E-state index contributed by atoms with van der Waals surface area (Å²) in [6.07, 6.45) is 1.52. The third-order valence-corrected chi connectivity index (χ3v) is 4.44. The zero-order chi connectivity index (χ0) is 18.8. The number of hydrogen-bond donors (Lipinski definition) is 2. The van der Waals surface area contributed by atoms with Gasteiger partial charge in [-0.2, -0.15) is 0 Å². The van der Waals surface area contributed by atoms with E-state index in [2.05, 4.69) is 20.6 Å². The minimum atomic E-state index is -0.350. The Morgan fingerprint density at radius 1 is 1.15 bits per heavy atom. The van der Waals surface area contributed by atoms with Gasteiger partial charge in [-0.1, -0.05) is 17.7 Å². The number of nitrogens with one attached hydrogen (secondary N) is 2. The fourth-order valence-corrected chi connectivity index (χ4v) is 2.75. The van der Waals surface area contributed by atoms with Gasteiger partial charge >= 0.3 is 0 Å². The molecule has 0 radical (unpaired) electrons. The number of aromatic nitrogens is 2. The minimum Gasteiger partial charge on any atom is -0.454 e.